The van der Waals surface area contributed by atoms with E-state index >= 15 is 0 Å². The molecule has 0 N–H and O–H groups in total. The van der Waals surface area contributed by atoms with Crippen LogP contribution in [0.1, 0.15) is 19.4 Å². The van der Waals surface area contributed by atoms with Crippen molar-refractivity contribution in [2.45, 2.75) is 20.8 Å². The standard InChI is InChI=1S/C11H16BrO4P/c1-4-14-17(13,15-5-2)16-11-7-6-9(3)8-10(11)12/h6-8H,4-5H2,1-3H3. The number of phosphoric acid groups is 1. The van der Waals surface area contributed by atoms with Gasteiger partial charge in [-0.15, -0.1) is 0 Å². The van der Waals surface area contributed by atoms with E-state index < -0.39 is 7.82 Å². The Bertz CT molecular complexity index is 412. The molecule has 1 rings (SSSR count). The zero-order valence-corrected chi connectivity index (χ0v) is 12.6. The van der Waals surface area contributed by atoms with Gasteiger partial charge in [0, 0.05) is 0 Å². The highest BCUT2D eigenvalue weighted by molar-refractivity contribution is 9.10. The van der Waals surface area contributed by atoms with Crippen LogP contribution in [0.3, 0.4) is 0 Å². The van der Waals surface area contributed by atoms with Crippen molar-refractivity contribution in [2.24, 2.45) is 0 Å². The van der Waals surface area contributed by atoms with Gasteiger partial charge in [0.05, 0.1) is 17.7 Å². The summed E-state index contributed by atoms with van der Waals surface area (Å²) in [5.41, 5.74) is 1.08. The molecule has 0 aliphatic carbocycles. The Morgan fingerprint density at radius 1 is 1.24 bits per heavy atom. The molecule has 0 fully saturated rings. The average Bonchev–Trinajstić information content (AvgIpc) is 2.23. The smallest absolute Gasteiger partial charge is 0.403 e. The minimum Gasteiger partial charge on any atom is -0.403 e. The molecular formula is C11H16BrO4P. The normalized spacial score (nSPS) is 11.5. The molecule has 96 valence electrons. The third-order valence-corrected chi connectivity index (χ3v) is 4.06. The second-order valence-electron chi connectivity index (χ2n) is 3.31. The number of aryl methyl sites for hydroxylation is 1. The van der Waals surface area contributed by atoms with E-state index in [0.717, 1.165) is 10.0 Å². The molecule has 0 aromatic heterocycles. The lowest BCUT2D eigenvalue weighted by Crippen LogP contribution is -2.02. The first-order valence-corrected chi connectivity index (χ1v) is 7.61. The van der Waals surface area contributed by atoms with Crippen molar-refractivity contribution in [2.75, 3.05) is 13.2 Å². The fourth-order valence-corrected chi connectivity index (χ4v) is 3.12. The monoisotopic (exact) mass is 322 g/mol. The van der Waals surface area contributed by atoms with Crippen LogP contribution in [0.5, 0.6) is 5.75 Å². The molecule has 0 aliphatic heterocycles. The molecule has 0 unspecified atom stereocenters. The minimum atomic E-state index is -3.51. The van der Waals surface area contributed by atoms with Crippen LogP contribution in [-0.4, -0.2) is 13.2 Å². The van der Waals surface area contributed by atoms with Gasteiger partial charge in [0.25, 0.3) is 0 Å². The number of rotatable bonds is 6. The molecule has 0 heterocycles. The second kappa shape index (κ2) is 6.55. The Balaban J connectivity index is 2.89. The molecule has 0 spiro atoms. The van der Waals surface area contributed by atoms with Gasteiger partial charge in [0.1, 0.15) is 5.75 Å². The highest BCUT2D eigenvalue weighted by Crippen LogP contribution is 2.50. The third kappa shape index (κ3) is 4.43. The average molecular weight is 323 g/mol. The number of benzene rings is 1. The summed E-state index contributed by atoms with van der Waals surface area (Å²) in [6.07, 6.45) is 0. The number of hydrogen-bond donors (Lipinski definition) is 0. The van der Waals surface area contributed by atoms with E-state index in [1.165, 1.54) is 0 Å². The summed E-state index contributed by atoms with van der Waals surface area (Å²) in [5.74, 6) is 0.445. The van der Waals surface area contributed by atoms with Crippen molar-refractivity contribution in [1.82, 2.24) is 0 Å². The SMILES string of the molecule is CCOP(=O)(OCC)Oc1ccc(C)cc1Br. The van der Waals surface area contributed by atoms with Crippen LogP contribution >= 0.6 is 23.8 Å². The summed E-state index contributed by atoms with van der Waals surface area (Å²) in [6, 6.07) is 5.46. The molecule has 0 saturated heterocycles. The third-order valence-electron chi connectivity index (χ3n) is 1.87. The molecule has 0 amide bonds. The van der Waals surface area contributed by atoms with Crippen LogP contribution in [0.2, 0.25) is 0 Å². The maximum absolute atomic E-state index is 12.1. The van der Waals surface area contributed by atoms with E-state index in [1.807, 2.05) is 19.1 Å². The first-order valence-electron chi connectivity index (χ1n) is 5.35. The van der Waals surface area contributed by atoms with Crippen molar-refractivity contribution in [3.63, 3.8) is 0 Å². The van der Waals surface area contributed by atoms with Gasteiger partial charge in [-0.3, -0.25) is 9.05 Å². The van der Waals surface area contributed by atoms with Crippen LogP contribution in [-0.2, 0) is 13.6 Å². The van der Waals surface area contributed by atoms with E-state index in [4.69, 9.17) is 13.6 Å². The lowest BCUT2D eigenvalue weighted by Gasteiger charge is -2.17. The van der Waals surface area contributed by atoms with E-state index in [-0.39, 0.29) is 13.2 Å². The van der Waals surface area contributed by atoms with Crippen molar-refractivity contribution in [3.8, 4) is 5.75 Å². The van der Waals surface area contributed by atoms with Crippen molar-refractivity contribution < 1.29 is 18.1 Å². The van der Waals surface area contributed by atoms with E-state index in [9.17, 15) is 4.57 Å². The summed E-state index contributed by atoms with van der Waals surface area (Å²) < 4.78 is 28.3. The number of phosphoric ester groups is 1. The molecule has 0 aliphatic rings. The van der Waals surface area contributed by atoms with Gasteiger partial charge in [-0.05, 0) is 54.4 Å². The predicted molar refractivity (Wildman–Crippen MR) is 70.4 cm³/mol. The van der Waals surface area contributed by atoms with Crippen molar-refractivity contribution in [1.29, 1.82) is 0 Å². The highest BCUT2D eigenvalue weighted by atomic mass is 79.9. The number of halogens is 1. The lowest BCUT2D eigenvalue weighted by molar-refractivity contribution is 0.167. The fourth-order valence-electron chi connectivity index (χ4n) is 1.21. The molecule has 0 radical (unpaired) electrons. The summed E-state index contributed by atoms with van der Waals surface area (Å²) >= 11 is 3.34. The second-order valence-corrected chi connectivity index (χ2v) is 5.76. The van der Waals surface area contributed by atoms with Gasteiger partial charge in [0.2, 0.25) is 0 Å². The molecular weight excluding hydrogens is 307 g/mol. The van der Waals surface area contributed by atoms with Gasteiger partial charge >= 0.3 is 7.82 Å². The van der Waals surface area contributed by atoms with Gasteiger partial charge in [0.15, 0.2) is 0 Å². The van der Waals surface area contributed by atoms with Gasteiger partial charge in [-0.25, -0.2) is 4.57 Å². The summed E-state index contributed by atoms with van der Waals surface area (Å²) in [4.78, 5) is 0. The quantitative estimate of drug-likeness (QED) is 0.732. The van der Waals surface area contributed by atoms with E-state index in [2.05, 4.69) is 15.9 Å². The van der Waals surface area contributed by atoms with Crippen LogP contribution in [0.15, 0.2) is 22.7 Å². The van der Waals surface area contributed by atoms with Crippen molar-refractivity contribution in [3.05, 3.63) is 28.2 Å². The predicted octanol–water partition coefficient (Wildman–Crippen LogP) is 4.32. The summed E-state index contributed by atoms with van der Waals surface area (Å²) in [6.45, 7) is 5.96. The molecule has 4 nitrogen and oxygen atoms in total. The maximum Gasteiger partial charge on any atom is 0.530 e. The van der Waals surface area contributed by atoms with Gasteiger partial charge in [-0.1, -0.05) is 6.07 Å². The van der Waals surface area contributed by atoms with Crippen LogP contribution < -0.4 is 4.52 Å². The molecule has 1 aromatic carbocycles. The molecule has 0 bridgehead atoms. The molecule has 0 saturated carbocycles. The fraction of sp³-hybridized carbons (Fsp3) is 0.455. The first kappa shape index (κ1) is 14.7. The Kier molecular flexibility index (Phi) is 5.67. The summed E-state index contributed by atoms with van der Waals surface area (Å²) in [7, 11) is -3.51. The largest absolute Gasteiger partial charge is 0.530 e. The minimum absolute atomic E-state index is 0.265. The van der Waals surface area contributed by atoms with E-state index in [1.54, 1.807) is 19.9 Å². The highest BCUT2D eigenvalue weighted by Gasteiger charge is 2.28. The van der Waals surface area contributed by atoms with Crippen LogP contribution in [0, 0.1) is 6.92 Å². The Morgan fingerprint density at radius 3 is 2.29 bits per heavy atom. The Hall–Kier alpha value is -0.350. The zero-order chi connectivity index (χ0) is 12.9. The first-order chi connectivity index (χ1) is 8.00. The lowest BCUT2D eigenvalue weighted by atomic mass is 10.2. The van der Waals surface area contributed by atoms with Crippen molar-refractivity contribution >= 4 is 23.8 Å². The zero-order valence-electron chi connectivity index (χ0n) is 10.1. The summed E-state index contributed by atoms with van der Waals surface area (Å²) in [5, 5.41) is 0. The topological polar surface area (TPSA) is 44.8 Å². The van der Waals surface area contributed by atoms with Gasteiger partial charge in [-0.2, -0.15) is 0 Å². The molecule has 17 heavy (non-hydrogen) atoms. The number of hydrogen-bond acceptors (Lipinski definition) is 4. The Morgan fingerprint density at radius 2 is 1.82 bits per heavy atom. The Labute approximate surface area is 110 Å². The van der Waals surface area contributed by atoms with E-state index in [0.29, 0.717) is 5.75 Å². The molecule has 1 aromatic rings. The van der Waals surface area contributed by atoms with Crippen LogP contribution in [0.25, 0.3) is 0 Å². The maximum atomic E-state index is 12.1. The molecule has 0 atom stereocenters. The molecule has 6 heteroatoms. The van der Waals surface area contributed by atoms with Crippen LogP contribution in [0.4, 0.5) is 0 Å². The van der Waals surface area contributed by atoms with Gasteiger partial charge < -0.3 is 4.52 Å².